The van der Waals surface area contributed by atoms with E-state index in [4.69, 9.17) is 18.9 Å². The van der Waals surface area contributed by atoms with Crippen LogP contribution in [0.4, 0.5) is 0 Å². The standard InChI is InChI=1S/C27H25NO9/c1-15(29)34-23-24(35-16(2)30)27(36-17(3)31)37-26(23)28-14-13-21(32)22(25(28)33)20-11-9-19(10-12-20)18-7-5-4-6-8-18/h4-14,23-24,26-27,32H,1-3H3/t23-,24+,26-,27+/m1/s1. The molecule has 0 bridgehead atoms. The third-order valence-corrected chi connectivity index (χ3v) is 5.69. The van der Waals surface area contributed by atoms with Crippen molar-refractivity contribution in [1.29, 1.82) is 0 Å². The van der Waals surface area contributed by atoms with Crippen molar-refractivity contribution in [1.82, 2.24) is 4.57 Å². The highest BCUT2D eigenvalue weighted by molar-refractivity contribution is 5.73. The summed E-state index contributed by atoms with van der Waals surface area (Å²) in [6, 6.07) is 18.0. The van der Waals surface area contributed by atoms with Gasteiger partial charge in [0.2, 0.25) is 12.4 Å². The van der Waals surface area contributed by atoms with E-state index in [1.165, 1.54) is 12.3 Å². The lowest BCUT2D eigenvalue weighted by atomic mass is 10.0. The summed E-state index contributed by atoms with van der Waals surface area (Å²) in [4.78, 5) is 48.8. The summed E-state index contributed by atoms with van der Waals surface area (Å²) in [6.07, 6.45) is -4.16. The van der Waals surface area contributed by atoms with Crippen molar-refractivity contribution in [2.45, 2.75) is 45.5 Å². The van der Waals surface area contributed by atoms with E-state index in [-0.39, 0.29) is 11.3 Å². The first-order valence-corrected chi connectivity index (χ1v) is 11.4. The molecule has 1 fully saturated rings. The number of rotatable bonds is 6. The van der Waals surface area contributed by atoms with E-state index in [0.717, 1.165) is 36.5 Å². The largest absolute Gasteiger partial charge is 0.507 e. The average Bonchev–Trinajstić information content (AvgIpc) is 3.15. The molecule has 0 radical (unpaired) electrons. The van der Waals surface area contributed by atoms with Crippen molar-refractivity contribution < 1.29 is 38.4 Å². The van der Waals surface area contributed by atoms with Crippen LogP contribution >= 0.6 is 0 Å². The van der Waals surface area contributed by atoms with Crippen LogP contribution in [-0.4, -0.2) is 46.1 Å². The monoisotopic (exact) mass is 507 g/mol. The van der Waals surface area contributed by atoms with Crippen LogP contribution in [0.25, 0.3) is 22.3 Å². The van der Waals surface area contributed by atoms with Gasteiger partial charge in [0.1, 0.15) is 5.75 Å². The lowest BCUT2D eigenvalue weighted by Crippen LogP contribution is -2.41. The van der Waals surface area contributed by atoms with Crippen LogP contribution in [0.2, 0.25) is 0 Å². The molecule has 37 heavy (non-hydrogen) atoms. The number of hydrogen-bond acceptors (Lipinski definition) is 9. The fourth-order valence-electron chi connectivity index (χ4n) is 4.20. The molecule has 192 valence electrons. The maximum Gasteiger partial charge on any atom is 0.305 e. The van der Waals surface area contributed by atoms with Crippen LogP contribution < -0.4 is 5.56 Å². The zero-order valence-electron chi connectivity index (χ0n) is 20.3. The molecule has 2 heterocycles. The molecule has 0 spiro atoms. The van der Waals surface area contributed by atoms with Crippen LogP contribution in [0, 0.1) is 0 Å². The van der Waals surface area contributed by atoms with Crippen molar-refractivity contribution in [2.75, 3.05) is 0 Å². The Labute approximate surface area is 212 Å². The summed E-state index contributed by atoms with van der Waals surface area (Å²) in [5.74, 6) is -2.48. The number of nitrogens with zero attached hydrogens (tertiary/aromatic N) is 1. The highest BCUT2D eigenvalue weighted by Gasteiger charge is 2.52. The molecular weight excluding hydrogens is 482 g/mol. The van der Waals surface area contributed by atoms with Gasteiger partial charge < -0.3 is 24.1 Å². The molecule has 0 saturated carbocycles. The summed E-state index contributed by atoms with van der Waals surface area (Å²) in [5.41, 5.74) is 1.65. The van der Waals surface area contributed by atoms with E-state index in [1.54, 1.807) is 12.1 Å². The molecule has 1 aliphatic heterocycles. The number of hydrogen-bond donors (Lipinski definition) is 1. The van der Waals surface area contributed by atoms with Gasteiger partial charge in [-0.05, 0) is 22.8 Å². The average molecular weight is 507 g/mol. The number of benzene rings is 2. The Balaban J connectivity index is 1.75. The quantitative estimate of drug-likeness (QED) is 0.395. The van der Waals surface area contributed by atoms with Crippen molar-refractivity contribution >= 4 is 17.9 Å². The van der Waals surface area contributed by atoms with Gasteiger partial charge in [-0.2, -0.15) is 0 Å². The topological polar surface area (TPSA) is 130 Å². The molecule has 3 aromatic rings. The van der Waals surface area contributed by atoms with Crippen LogP contribution in [0.15, 0.2) is 71.7 Å². The molecule has 4 atom stereocenters. The second-order valence-corrected chi connectivity index (χ2v) is 8.38. The molecule has 1 aromatic heterocycles. The number of pyridine rings is 1. The van der Waals surface area contributed by atoms with Crippen molar-refractivity contribution in [3.63, 3.8) is 0 Å². The molecule has 0 amide bonds. The van der Waals surface area contributed by atoms with E-state index in [9.17, 15) is 24.3 Å². The lowest BCUT2D eigenvalue weighted by Gasteiger charge is -2.24. The van der Waals surface area contributed by atoms with Crippen LogP contribution in [0.5, 0.6) is 5.75 Å². The Morgan fingerprint density at radius 2 is 1.30 bits per heavy atom. The van der Waals surface area contributed by atoms with E-state index in [0.29, 0.717) is 5.56 Å². The predicted molar refractivity (Wildman–Crippen MR) is 130 cm³/mol. The van der Waals surface area contributed by atoms with E-state index in [1.807, 2.05) is 42.5 Å². The third-order valence-electron chi connectivity index (χ3n) is 5.69. The first kappa shape index (κ1) is 25.6. The Morgan fingerprint density at radius 3 is 1.89 bits per heavy atom. The second-order valence-electron chi connectivity index (χ2n) is 8.38. The zero-order valence-corrected chi connectivity index (χ0v) is 20.3. The summed E-state index contributed by atoms with van der Waals surface area (Å²) < 4.78 is 22.6. The second kappa shape index (κ2) is 10.7. The van der Waals surface area contributed by atoms with Crippen LogP contribution in [0.1, 0.15) is 27.0 Å². The van der Waals surface area contributed by atoms with Crippen molar-refractivity contribution in [3.8, 4) is 28.0 Å². The normalized spacial score (nSPS) is 20.7. The Kier molecular flexibility index (Phi) is 7.40. The molecule has 1 aliphatic rings. The van der Waals surface area contributed by atoms with Crippen molar-refractivity contribution in [3.05, 3.63) is 77.2 Å². The maximum atomic E-state index is 13.6. The number of carbonyl (C=O) groups is 3. The van der Waals surface area contributed by atoms with Gasteiger partial charge in [0.15, 0.2) is 12.3 Å². The summed E-state index contributed by atoms with van der Waals surface area (Å²) in [5, 5.41) is 10.6. The van der Waals surface area contributed by atoms with E-state index < -0.39 is 48.2 Å². The van der Waals surface area contributed by atoms with Gasteiger partial charge in [0.25, 0.3) is 5.56 Å². The predicted octanol–water partition coefficient (Wildman–Crippen LogP) is 3.17. The fraction of sp³-hybridized carbons (Fsp3) is 0.259. The van der Waals surface area contributed by atoms with Gasteiger partial charge in [-0.25, -0.2) is 0 Å². The first-order chi connectivity index (χ1) is 17.7. The van der Waals surface area contributed by atoms with Gasteiger partial charge in [-0.3, -0.25) is 23.7 Å². The molecule has 10 heteroatoms. The Bertz CT molecular complexity index is 1360. The summed E-state index contributed by atoms with van der Waals surface area (Å²) in [7, 11) is 0. The first-order valence-electron chi connectivity index (χ1n) is 11.4. The number of esters is 3. The minimum atomic E-state index is -1.44. The Hall–Kier alpha value is -4.44. The van der Waals surface area contributed by atoms with Gasteiger partial charge in [-0.1, -0.05) is 54.6 Å². The minimum absolute atomic E-state index is 0.0211. The minimum Gasteiger partial charge on any atom is -0.507 e. The number of aromatic hydroxyl groups is 1. The van der Waals surface area contributed by atoms with Gasteiger partial charge in [0.05, 0.1) is 5.56 Å². The number of carbonyl (C=O) groups excluding carboxylic acids is 3. The molecule has 1 saturated heterocycles. The van der Waals surface area contributed by atoms with Crippen LogP contribution in [-0.2, 0) is 33.3 Å². The lowest BCUT2D eigenvalue weighted by molar-refractivity contribution is -0.198. The molecule has 1 N–H and O–H groups in total. The van der Waals surface area contributed by atoms with Crippen molar-refractivity contribution in [2.24, 2.45) is 0 Å². The van der Waals surface area contributed by atoms with E-state index >= 15 is 0 Å². The van der Waals surface area contributed by atoms with Gasteiger partial charge in [0, 0.05) is 27.0 Å². The fourth-order valence-corrected chi connectivity index (χ4v) is 4.20. The summed E-state index contributed by atoms with van der Waals surface area (Å²) >= 11 is 0. The molecule has 0 aliphatic carbocycles. The highest BCUT2D eigenvalue weighted by atomic mass is 16.8. The third kappa shape index (κ3) is 5.54. The number of aromatic nitrogens is 1. The zero-order chi connectivity index (χ0) is 26.7. The van der Waals surface area contributed by atoms with Crippen LogP contribution in [0.3, 0.4) is 0 Å². The SMILES string of the molecule is CC(=O)O[C@H]1O[C@@H](n2ccc(O)c(-c3ccc(-c4ccccc4)cc3)c2=O)[C@H](OC(C)=O)[C@@H]1OC(C)=O. The molecule has 4 rings (SSSR count). The number of ether oxygens (including phenoxy) is 4. The molecule has 2 aromatic carbocycles. The molecule has 0 unspecified atom stereocenters. The van der Waals surface area contributed by atoms with Gasteiger partial charge in [-0.15, -0.1) is 0 Å². The van der Waals surface area contributed by atoms with Gasteiger partial charge >= 0.3 is 17.9 Å². The summed E-state index contributed by atoms with van der Waals surface area (Å²) in [6.45, 7) is 3.40. The highest BCUT2D eigenvalue weighted by Crippen LogP contribution is 2.36. The van der Waals surface area contributed by atoms with E-state index in [2.05, 4.69) is 0 Å². The molecular formula is C27H25NO9. The smallest absolute Gasteiger partial charge is 0.305 e. The maximum absolute atomic E-state index is 13.6. The Morgan fingerprint density at radius 1 is 0.757 bits per heavy atom. The molecule has 10 nitrogen and oxygen atoms in total.